The molecule has 0 aliphatic rings. The molecule has 1 aromatic heterocycles. The Balaban J connectivity index is 2.25. The molecule has 3 N–H and O–H groups in total. The van der Waals surface area contributed by atoms with E-state index in [9.17, 15) is 12.8 Å². The quantitative estimate of drug-likeness (QED) is 0.803. The summed E-state index contributed by atoms with van der Waals surface area (Å²) in [5.74, 6) is -0.891. The van der Waals surface area contributed by atoms with Gasteiger partial charge in [0.05, 0.1) is 12.2 Å². The summed E-state index contributed by atoms with van der Waals surface area (Å²) in [5.41, 5.74) is 6.11. The van der Waals surface area contributed by atoms with E-state index < -0.39 is 20.7 Å². The molecule has 0 atom stereocenters. The smallest absolute Gasteiger partial charge is 0.243 e. The maximum Gasteiger partial charge on any atom is 0.243 e. The van der Waals surface area contributed by atoms with Gasteiger partial charge in [-0.3, -0.25) is 0 Å². The highest BCUT2D eigenvalue weighted by Crippen LogP contribution is 2.25. The van der Waals surface area contributed by atoms with Gasteiger partial charge >= 0.3 is 0 Å². The first-order valence-corrected chi connectivity index (χ1v) is 7.68. The van der Waals surface area contributed by atoms with Gasteiger partial charge in [-0.25, -0.2) is 17.5 Å². The second-order valence-electron chi connectivity index (χ2n) is 3.84. The zero-order chi connectivity index (χ0) is 14.8. The van der Waals surface area contributed by atoms with Crippen LogP contribution in [0.15, 0.2) is 39.8 Å². The van der Waals surface area contributed by atoms with Gasteiger partial charge in [0, 0.05) is 16.4 Å². The highest BCUT2D eigenvalue weighted by atomic mass is 79.9. The molecule has 20 heavy (non-hydrogen) atoms. The lowest BCUT2D eigenvalue weighted by molar-refractivity contribution is 0.555. The predicted molar refractivity (Wildman–Crippen MR) is 74.6 cm³/mol. The summed E-state index contributed by atoms with van der Waals surface area (Å²) in [6.07, 6.45) is 1.47. The van der Waals surface area contributed by atoms with Gasteiger partial charge in [0.1, 0.15) is 10.7 Å². The van der Waals surface area contributed by atoms with E-state index in [1.807, 2.05) is 0 Å². The van der Waals surface area contributed by atoms with Gasteiger partial charge in [-0.05, 0) is 40.2 Å². The normalized spacial score (nSPS) is 11.5. The standard InChI is InChI=1S/C11H10BrFN4O2S/c12-8-4-9(13)11(5-10(8)14)20(18,19)16-6-7-2-1-3-15-17-7/h1-5,16H,6,14H2. The largest absolute Gasteiger partial charge is 0.398 e. The lowest BCUT2D eigenvalue weighted by atomic mass is 10.3. The minimum atomic E-state index is -4.02. The monoisotopic (exact) mass is 360 g/mol. The number of nitrogens with two attached hydrogens (primary N) is 1. The molecule has 0 saturated carbocycles. The molecular weight excluding hydrogens is 351 g/mol. The fourth-order valence-electron chi connectivity index (χ4n) is 1.43. The Morgan fingerprint density at radius 2 is 2.15 bits per heavy atom. The summed E-state index contributed by atoms with van der Waals surface area (Å²) in [5, 5.41) is 7.34. The van der Waals surface area contributed by atoms with Crippen molar-refractivity contribution in [3.63, 3.8) is 0 Å². The van der Waals surface area contributed by atoms with Crippen molar-refractivity contribution < 1.29 is 12.8 Å². The minimum absolute atomic E-state index is 0.0917. The number of hydrogen-bond donors (Lipinski definition) is 2. The zero-order valence-corrected chi connectivity index (χ0v) is 12.4. The molecule has 1 heterocycles. The van der Waals surface area contributed by atoms with Crippen molar-refractivity contribution in [2.45, 2.75) is 11.4 Å². The molecule has 0 unspecified atom stereocenters. The van der Waals surface area contributed by atoms with Crippen LogP contribution in [-0.2, 0) is 16.6 Å². The molecular formula is C11H10BrFN4O2S. The van der Waals surface area contributed by atoms with Crippen LogP contribution in [0.25, 0.3) is 0 Å². The Hall–Kier alpha value is -1.58. The van der Waals surface area contributed by atoms with Gasteiger partial charge in [-0.15, -0.1) is 0 Å². The topological polar surface area (TPSA) is 98.0 Å². The van der Waals surface area contributed by atoms with Crippen LogP contribution in [0.4, 0.5) is 10.1 Å². The van der Waals surface area contributed by atoms with Gasteiger partial charge in [0.2, 0.25) is 10.0 Å². The summed E-state index contributed by atoms with van der Waals surface area (Å²) in [6.45, 7) is -0.0917. The van der Waals surface area contributed by atoms with E-state index in [2.05, 4.69) is 30.8 Å². The summed E-state index contributed by atoms with van der Waals surface area (Å²) < 4.78 is 40.3. The molecule has 2 aromatic rings. The number of rotatable bonds is 4. The molecule has 106 valence electrons. The van der Waals surface area contributed by atoms with E-state index in [1.165, 1.54) is 6.20 Å². The highest BCUT2D eigenvalue weighted by molar-refractivity contribution is 9.10. The first-order chi connectivity index (χ1) is 9.40. The molecule has 0 radical (unpaired) electrons. The van der Waals surface area contributed by atoms with Crippen molar-refractivity contribution >= 4 is 31.6 Å². The molecule has 0 amide bonds. The van der Waals surface area contributed by atoms with Crippen LogP contribution >= 0.6 is 15.9 Å². The van der Waals surface area contributed by atoms with Crippen LogP contribution in [0.5, 0.6) is 0 Å². The Kier molecular flexibility index (Phi) is 4.31. The Bertz CT molecular complexity index is 725. The van der Waals surface area contributed by atoms with E-state index in [0.29, 0.717) is 10.2 Å². The number of sulfonamides is 1. The third-order valence-electron chi connectivity index (χ3n) is 2.41. The van der Waals surface area contributed by atoms with E-state index >= 15 is 0 Å². The summed E-state index contributed by atoms with van der Waals surface area (Å²) >= 11 is 3.02. The second kappa shape index (κ2) is 5.81. The fraction of sp³-hybridized carbons (Fsp3) is 0.0909. The number of aromatic nitrogens is 2. The third kappa shape index (κ3) is 3.30. The number of nitrogen functional groups attached to an aromatic ring is 1. The molecule has 0 bridgehead atoms. The maximum atomic E-state index is 13.7. The van der Waals surface area contributed by atoms with Crippen molar-refractivity contribution in [2.75, 3.05) is 5.73 Å². The summed E-state index contributed by atoms with van der Waals surface area (Å²) in [7, 11) is -4.02. The van der Waals surface area contributed by atoms with E-state index in [-0.39, 0.29) is 12.2 Å². The fourth-order valence-corrected chi connectivity index (χ4v) is 2.83. The van der Waals surface area contributed by atoms with Crippen LogP contribution in [0.3, 0.4) is 0 Å². The third-order valence-corrected chi connectivity index (χ3v) is 4.51. The number of benzene rings is 1. The SMILES string of the molecule is Nc1cc(S(=O)(=O)NCc2cccnn2)c(F)cc1Br. The molecule has 0 aliphatic carbocycles. The summed E-state index contributed by atoms with van der Waals surface area (Å²) in [6, 6.07) is 5.28. The van der Waals surface area contributed by atoms with E-state index in [0.717, 1.165) is 12.1 Å². The number of hydrogen-bond acceptors (Lipinski definition) is 5. The lowest BCUT2D eigenvalue weighted by Crippen LogP contribution is -2.25. The highest BCUT2D eigenvalue weighted by Gasteiger charge is 2.20. The molecule has 0 aliphatic heterocycles. The van der Waals surface area contributed by atoms with E-state index in [4.69, 9.17) is 5.73 Å². The molecule has 0 saturated heterocycles. The number of nitrogens with one attached hydrogen (secondary N) is 1. The summed E-state index contributed by atoms with van der Waals surface area (Å²) in [4.78, 5) is -0.512. The Morgan fingerprint density at radius 3 is 2.80 bits per heavy atom. The first-order valence-electron chi connectivity index (χ1n) is 5.41. The number of halogens is 2. The zero-order valence-electron chi connectivity index (χ0n) is 10.0. The Morgan fingerprint density at radius 1 is 1.40 bits per heavy atom. The average molecular weight is 361 g/mol. The Labute approximate surface area is 123 Å². The van der Waals surface area contributed by atoms with Crippen LogP contribution in [-0.4, -0.2) is 18.6 Å². The van der Waals surface area contributed by atoms with Gasteiger partial charge in [0.15, 0.2) is 0 Å². The lowest BCUT2D eigenvalue weighted by Gasteiger charge is -2.09. The van der Waals surface area contributed by atoms with Crippen molar-refractivity contribution in [1.29, 1.82) is 0 Å². The maximum absolute atomic E-state index is 13.7. The van der Waals surface area contributed by atoms with Crippen molar-refractivity contribution in [2.24, 2.45) is 0 Å². The van der Waals surface area contributed by atoms with Gasteiger partial charge in [-0.2, -0.15) is 10.2 Å². The van der Waals surface area contributed by atoms with Crippen molar-refractivity contribution in [3.8, 4) is 0 Å². The predicted octanol–water partition coefficient (Wildman–Crippen LogP) is 1.44. The van der Waals surface area contributed by atoms with Crippen LogP contribution in [0.2, 0.25) is 0 Å². The molecule has 2 rings (SSSR count). The van der Waals surface area contributed by atoms with Gasteiger partial charge < -0.3 is 5.73 Å². The molecule has 1 aromatic carbocycles. The van der Waals surface area contributed by atoms with Crippen molar-refractivity contribution in [3.05, 3.63) is 46.4 Å². The second-order valence-corrected chi connectivity index (χ2v) is 6.43. The average Bonchev–Trinajstić information content (AvgIpc) is 2.42. The first kappa shape index (κ1) is 14.8. The molecule has 0 fully saturated rings. The van der Waals surface area contributed by atoms with Gasteiger partial charge in [-0.1, -0.05) is 0 Å². The van der Waals surface area contributed by atoms with Crippen LogP contribution < -0.4 is 10.5 Å². The number of anilines is 1. The number of nitrogens with zero attached hydrogens (tertiary/aromatic N) is 2. The minimum Gasteiger partial charge on any atom is -0.398 e. The molecule has 0 spiro atoms. The van der Waals surface area contributed by atoms with Crippen LogP contribution in [0, 0.1) is 5.82 Å². The van der Waals surface area contributed by atoms with Gasteiger partial charge in [0.25, 0.3) is 0 Å². The van der Waals surface area contributed by atoms with Crippen molar-refractivity contribution in [1.82, 2.24) is 14.9 Å². The van der Waals surface area contributed by atoms with Crippen LogP contribution in [0.1, 0.15) is 5.69 Å². The van der Waals surface area contributed by atoms with E-state index in [1.54, 1.807) is 12.1 Å². The molecule has 6 nitrogen and oxygen atoms in total. The molecule has 9 heteroatoms.